The maximum atomic E-state index is 5.56. The molecule has 1 fully saturated rings. The molecule has 4 nitrogen and oxygen atoms in total. The Morgan fingerprint density at radius 3 is 2.54 bits per heavy atom. The van der Waals surface area contributed by atoms with Crippen LogP contribution in [0.5, 0.6) is 5.75 Å². The van der Waals surface area contributed by atoms with Crippen LogP contribution in [0.4, 0.5) is 5.69 Å². The number of hydrogen-bond donors (Lipinski definition) is 1. The fourth-order valence-corrected chi connectivity index (χ4v) is 3.78. The minimum absolute atomic E-state index is 0.681. The van der Waals surface area contributed by atoms with E-state index in [0.717, 1.165) is 49.3 Å². The Balaban J connectivity index is 1.46. The van der Waals surface area contributed by atoms with Gasteiger partial charge in [0.1, 0.15) is 5.75 Å². The molecular weight excluding hydrogens is 338 g/mol. The van der Waals surface area contributed by atoms with Crippen LogP contribution in [0.25, 0.3) is 0 Å². The van der Waals surface area contributed by atoms with Crippen molar-refractivity contribution in [1.82, 2.24) is 9.80 Å². The van der Waals surface area contributed by atoms with Gasteiger partial charge in [0.2, 0.25) is 0 Å². The molecule has 0 aliphatic carbocycles. The van der Waals surface area contributed by atoms with Crippen LogP contribution in [-0.4, -0.2) is 47.7 Å². The van der Waals surface area contributed by atoms with Crippen LogP contribution in [0.3, 0.4) is 0 Å². The van der Waals surface area contributed by atoms with Gasteiger partial charge in [0, 0.05) is 43.3 Å². The average Bonchev–Trinajstić information content (AvgIpc) is 3.10. The molecule has 0 unspecified atom stereocenters. The molecule has 1 saturated heterocycles. The van der Waals surface area contributed by atoms with Crippen molar-refractivity contribution in [3.05, 3.63) is 46.7 Å². The van der Waals surface area contributed by atoms with E-state index in [4.69, 9.17) is 17.0 Å². The van der Waals surface area contributed by atoms with E-state index in [2.05, 4.69) is 32.6 Å². The minimum atomic E-state index is 0.681. The molecule has 0 amide bonds. The normalized spacial score (nSPS) is 15.3. The molecule has 24 heavy (non-hydrogen) atoms. The standard InChI is InChI=1S/C18H23N3OS2/c1-2-22-16-7-5-15(6-8-16)19-18(23)21-11-9-20(10-12-21)14-17-4-3-13-24-17/h3-8,13H,2,9-12,14H2,1H3,(H,19,23). The maximum Gasteiger partial charge on any atom is 0.173 e. The predicted octanol–water partition coefficient (Wildman–Crippen LogP) is 3.66. The Morgan fingerprint density at radius 2 is 1.92 bits per heavy atom. The lowest BCUT2D eigenvalue weighted by Crippen LogP contribution is -2.49. The first kappa shape index (κ1) is 17.2. The van der Waals surface area contributed by atoms with Crippen molar-refractivity contribution in [3.8, 4) is 5.75 Å². The lowest BCUT2D eigenvalue weighted by atomic mass is 10.3. The SMILES string of the molecule is CCOc1ccc(NC(=S)N2CCN(Cc3cccs3)CC2)cc1. The summed E-state index contributed by atoms with van der Waals surface area (Å²) in [4.78, 5) is 6.16. The Kier molecular flexibility index (Phi) is 6.07. The van der Waals surface area contributed by atoms with Gasteiger partial charge in [0.25, 0.3) is 0 Å². The topological polar surface area (TPSA) is 27.7 Å². The molecule has 1 N–H and O–H groups in total. The highest BCUT2D eigenvalue weighted by atomic mass is 32.1. The van der Waals surface area contributed by atoms with E-state index < -0.39 is 0 Å². The lowest BCUT2D eigenvalue weighted by molar-refractivity contribution is 0.178. The number of anilines is 1. The van der Waals surface area contributed by atoms with E-state index in [0.29, 0.717) is 6.61 Å². The molecule has 2 heterocycles. The monoisotopic (exact) mass is 361 g/mol. The molecular formula is C18H23N3OS2. The summed E-state index contributed by atoms with van der Waals surface area (Å²) in [7, 11) is 0. The summed E-state index contributed by atoms with van der Waals surface area (Å²) in [5.41, 5.74) is 1.00. The van der Waals surface area contributed by atoms with Crippen molar-refractivity contribution in [2.75, 3.05) is 38.1 Å². The van der Waals surface area contributed by atoms with Gasteiger partial charge >= 0.3 is 0 Å². The molecule has 6 heteroatoms. The van der Waals surface area contributed by atoms with Crippen molar-refractivity contribution in [3.63, 3.8) is 0 Å². The molecule has 1 aliphatic rings. The number of nitrogens with one attached hydrogen (secondary N) is 1. The summed E-state index contributed by atoms with van der Waals surface area (Å²) >= 11 is 7.39. The number of ether oxygens (including phenoxy) is 1. The van der Waals surface area contributed by atoms with Crippen molar-refractivity contribution in [1.29, 1.82) is 0 Å². The van der Waals surface area contributed by atoms with Gasteiger partial charge in [-0.3, -0.25) is 4.90 Å². The second-order valence-electron chi connectivity index (χ2n) is 5.73. The zero-order chi connectivity index (χ0) is 16.8. The molecule has 0 atom stereocenters. The van der Waals surface area contributed by atoms with E-state index in [9.17, 15) is 0 Å². The molecule has 0 bridgehead atoms. The first-order chi connectivity index (χ1) is 11.7. The van der Waals surface area contributed by atoms with Crippen molar-refractivity contribution >= 4 is 34.4 Å². The maximum absolute atomic E-state index is 5.56. The van der Waals surface area contributed by atoms with E-state index in [1.807, 2.05) is 42.5 Å². The number of benzene rings is 1. The Morgan fingerprint density at radius 1 is 1.17 bits per heavy atom. The molecule has 1 aromatic carbocycles. The second-order valence-corrected chi connectivity index (χ2v) is 7.15. The van der Waals surface area contributed by atoms with Crippen LogP contribution in [-0.2, 0) is 6.54 Å². The summed E-state index contributed by atoms with van der Waals surface area (Å²) < 4.78 is 5.46. The van der Waals surface area contributed by atoms with Crippen LogP contribution in [0.1, 0.15) is 11.8 Å². The fraction of sp³-hybridized carbons (Fsp3) is 0.389. The second kappa shape index (κ2) is 8.46. The molecule has 1 aromatic heterocycles. The minimum Gasteiger partial charge on any atom is -0.494 e. The van der Waals surface area contributed by atoms with Crippen molar-refractivity contribution < 1.29 is 4.74 Å². The zero-order valence-corrected chi connectivity index (χ0v) is 15.5. The van der Waals surface area contributed by atoms with Crippen LogP contribution in [0.2, 0.25) is 0 Å². The summed E-state index contributed by atoms with van der Waals surface area (Å²) in [5, 5.41) is 6.27. The first-order valence-corrected chi connectivity index (χ1v) is 9.57. The summed E-state index contributed by atoms with van der Waals surface area (Å²) in [6.45, 7) is 7.74. The van der Waals surface area contributed by atoms with Gasteiger partial charge in [-0.05, 0) is 54.9 Å². The molecule has 128 valence electrons. The zero-order valence-electron chi connectivity index (χ0n) is 13.9. The molecule has 0 spiro atoms. The lowest BCUT2D eigenvalue weighted by Gasteiger charge is -2.36. The average molecular weight is 362 g/mol. The first-order valence-electron chi connectivity index (χ1n) is 8.28. The molecule has 0 radical (unpaired) electrons. The number of thiophene rings is 1. The number of rotatable bonds is 5. The van der Waals surface area contributed by atoms with Gasteiger partial charge in [-0.15, -0.1) is 11.3 Å². The third kappa shape index (κ3) is 4.69. The van der Waals surface area contributed by atoms with Gasteiger partial charge in [-0.2, -0.15) is 0 Å². The van der Waals surface area contributed by atoms with E-state index >= 15 is 0 Å². The number of piperazine rings is 1. The van der Waals surface area contributed by atoms with Crippen LogP contribution in [0.15, 0.2) is 41.8 Å². The van der Waals surface area contributed by atoms with E-state index in [-0.39, 0.29) is 0 Å². The van der Waals surface area contributed by atoms with Crippen LogP contribution >= 0.6 is 23.6 Å². The summed E-state index contributed by atoms with van der Waals surface area (Å²) in [5.74, 6) is 0.885. The highest BCUT2D eigenvalue weighted by Gasteiger charge is 2.19. The highest BCUT2D eigenvalue weighted by molar-refractivity contribution is 7.80. The Labute approximate surface area is 153 Å². The summed E-state index contributed by atoms with van der Waals surface area (Å²) in [6, 6.07) is 12.3. The smallest absolute Gasteiger partial charge is 0.173 e. The Hall–Kier alpha value is -1.63. The van der Waals surface area contributed by atoms with E-state index in [1.54, 1.807) is 0 Å². The van der Waals surface area contributed by atoms with Gasteiger partial charge in [-0.25, -0.2) is 0 Å². The van der Waals surface area contributed by atoms with Crippen molar-refractivity contribution in [2.24, 2.45) is 0 Å². The molecule has 0 saturated carbocycles. The number of nitrogens with zero attached hydrogens (tertiary/aromatic N) is 2. The highest BCUT2D eigenvalue weighted by Crippen LogP contribution is 2.17. The van der Waals surface area contributed by atoms with Gasteiger partial charge < -0.3 is 15.0 Å². The fourth-order valence-electron chi connectivity index (χ4n) is 2.74. The third-order valence-corrected chi connectivity index (χ3v) is 5.26. The summed E-state index contributed by atoms with van der Waals surface area (Å²) in [6.07, 6.45) is 0. The largest absolute Gasteiger partial charge is 0.494 e. The van der Waals surface area contributed by atoms with Crippen LogP contribution in [0, 0.1) is 0 Å². The molecule has 1 aliphatic heterocycles. The van der Waals surface area contributed by atoms with E-state index in [1.165, 1.54) is 4.88 Å². The predicted molar refractivity (Wildman–Crippen MR) is 105 cm³/mol. The van der Waals surface area contributed by atoms with Crippen LogP contribution < -0.4 is 10.1 Å². The molecule has 2 aromatic rings. The Bertz CT molecular complexity index is 635. The third-order valence-electron chi connectivity index (χ3n) is 4.04. The number of hydrogen-bond acceptors (Lipinski definition) is 4. The number of thiocarbonyl (C=S) groups is 1. The van der Waals surface area contributed by atoms with Gasteiger partial charge in [0.05, 0.1) is 6.61 Å². The van der Waals surface area contributed by atoms with Crippen molar-refractivity contribution in [2.45, 2.75) is 13.5 Å². The molecule has 3 rings (SSSR count). The van der Waals surface area contributed by atoms with Gasteiger partial charge in [0.15, 0.2) is 5.11 Å². The van der Waals surface area contributed by atoms with Gasteiger partial charge in [-0.1, -0.05) is 6.07 Å². The quantitative estimate of drug-likeness (QED) is 0.821.